The predicted molar refractivity (Wildman–Crippen MR) is 109 cm³/mol. The number of carbonyl (C=O) groups excluding carboxylic acids is 2. The quantitative estimate of drug-likeness (QED) is 0.635. The SMILES string of the molecule is COCCN1C(=O)C[C@@H](CNC(=O)c2ccc(COC)o2)[C@@H]1c1cnn(C(C)C)c1. The molecule has 1 saturated heterocycles. The molecule has 1 N–H and O–H groups in total. The first kappa shape index (κ1) is 22.0. The van der Waals surface area contributed by atoms with Crippen LogP contribution in [0.1, 0.15) is 54.2 Å². The number of nitrogens with zero attached hydrogens (tertiary/aromatic N) is 3. The number of rotatable bonds is 10. The second-order valence-electron chi connectivity index (χ2n) is 7.75. The zero-order valence-corrected chi connectivity index (χ0v) is 18.0. The largest absolute Gasteiger partial charge is 0.453 e. The van der Waals surface area contributed by atoms with Crippen molar-refractivity contribution in [3.63, 3.8) is 0 Å². The predicted octanol–water partition coefficient (Wildman–Crippen LogP) is 2.17. The maximum atomic E-state index is 12.7. The minimum absolute atomic E-state index is 0.0500. The fourth-order valence-electron chi connectivity index (χ4n) is 3.77. The third kappa shape index (κ3) is 4.91. The van der Waals surface area contributed by atoms with Gasteiger partial charge >= 0.3 is 0 Å². The third-order valence-corrected chi connectivity index (χ3v) is 5.26. The van der Waals surface area contributed by atoms with E-state index in [1.54, 1.807) is 32.5 Å². The summed E-state index contributed by atoms with van der Waals surface area (Å²) in [5, 5.41) is 7.34. The summed E-state index contributed by atoms with van der Waals surface area (Å²) in [6, 6.07) is 3.40. The average molecular weight is 418 g/mol. The molecular formula is C21H30N4O5. The molecule has 30 heavy (non-hydrogen) atoms. The lowest BCUT2D eigenvalue weighted by molar-refractivity contribution is -0.129. The maximum Gasteiger partial charge on any atom is 0.287 e. The Balaban J connectivity index is 1.73. The van der Waals surface area contributed by atoms with Crippen LogP contribution in [-0.4, -0.2) is 60.4 Å². The van der Waals surface area contributed by atoms with Crippen LogP contribution < -0.4 is 5.32 Å². The zero-order chi connectivity index (χ0) is 21.7. The molecule has 2 aromatic heterocycles. The maximum absolute atomic E-state index is 12.7. The molecule has 1 fully saturated rings. The van der Waals surface area contributed by atoms with Crippen molar-refractivity contribution < 1.29 is 23.5 Å². The van der Waals surface area contributed by atoms with Crippen LogP contribution in [0, 0.1) is 5.92 Å². The Morgan fingerprint density at radius 3 is 2.80 bits per heavy atom. The fraction of sp³-hybridized carbons (Fsp3) is 0.571. The van der Waals surface area contributed by atoms with Crippen molar-refractivity contribution in [2.45, 2.75) is 39.0 Å². The van der Waals surface area contributed by atoms with Crippen molar-refractivity contribution in [1.29, 1.82) is 0 Å². The molecule has 3 rings (SSSR count). The van der Waals surface area contributed by atoms with Gasteiger partial charge in [-0.15, -0.1) is 0 Å². The minimum Gasteiger partial charge on any atom is -0.453 e. The van der Waals surface area contributed by atoms with Gasteiger partial charge in [0.05, 0.1) is 18.8 Å². The van der Waals surface area contributed by atoms with Gasteiger partial charge in [0.1, 0.15) is 12.4 Å². The summed E-state index contributed by atoms with van der Waals surface area (Å²) in [6.45, 7) is 5.72. The van der Waals surface area contributed by atoms with E-state index in [1.165, 1.54) is 0 Å². The van der Waals surface area contributed by atoms with Crippen molar-refractivity contribution in [2.24, 2.45) is 5.92 Å². The fourth-order valence-corrected chi connectivity index (χ4v) is 3.77. The first-order valence-electron chi connectivity index (χ1n) is 10.1. The highest BCUT2D eigenvalue weighted by atomic mass is 16.5. The molecule has 1 aliphatic heterocycles. The molecule has 0 bridgehead atoms. The number of nitrogens with one attached hydrogen (secondary N) is 1. The van der Waals surface area contributed by atoms with E-state index in [0.29, 0.717) is 38.5 Å². The van der Waals surface area contributed by atoms with Crippen LogP contribution in [0.25, 0.3) is 0 Å². The normalized spacial score (nSPS) is 19.1. The highest BCUT2D eigenvalue weighted by Gasteiger charge is 2.41. The van der Waals surface area contributed by atoms with Gasteiger partial charge in [-0.3, -0.25) is 14.3 Å². The number of hydrogen-bond donors (Lipinski definition) is 1. The number of carbonyl (C=O) groups is 2. The molecule has 9 nitrogen and oxygen atoms in total. The summed E-state index contributed by atoms with van der Waals surface area (Å²) in [6.07, 6.45) is 4.14. The van der Waals surface area contributed by atoms with Gasteiger partial charge < -0.3 is 24.1 Å². The van der Waals surface area contributed by atoms with E-state index in [0.717, 1.165) is 5.56 Å². The lowest BCUT2D eigenvalue weighted by atomic mass is 9.95. The van der Waals surface area contributed by atoms with E-state index in [9.17, 15) is 9.59 Å². The third-order valence-electron chi connectivity index (χ3n) is 5.26. The summed E-state index contributed by atoms with van der Waals surface area (Å²) in [5.74, 6) is 0.484. The van der Waals surface area contributed by atoms with Crippen LogP contribution in [0.15, 0.2) is 28.9 Å². The number of amides is 2. The number of methoxy groups -OCH3 is 2. The Morgan fingerprint density at radius 2 is 2.13 bits per heavy atom. The van der Waals surface area contributed by atoms with Gasteiger partial charge in [-0.25, -0.2) is 0 Å². The monoisotopic (exact) mass is 418 g/mol. The molecule has 0 radical (unpaired) electrons. The van der Waals surface area contributed by atoms with Gasteiger partial charge in [-0.1, -0.05) is 0 Å². The average Bonchev–Trinajstić information content (AvgIpc) is 3.43. The van der Waals surface area contributed by atoms with Gasteiger partial charge in [0.2, 0.25) is 5.91 Å². The molecule has 9 heteroatoms. The molecular weight excluding hydrogens is 388 g/mol. The standard InChI is InChI=1S/C21H30N4O5/c1-14(2)25-12-16(11-23-25)20-15(9-19(26)24(20)7-8-28-3)10-22-21(27)18-6-5-17(30-18)13-29-4/h5-6,11-12,14-15,20H,7-10,13H2,1-4H3,(H,22,27)/t15-,20+/m0/s1. The Labute approximate surface area is 176 Å². The molecule has 0 spiro atoms. The highest BCUT2D eigenvalue weighted by Crippen LogP contribution is 2.37. The van der Waals surface area contributed by atoms with Crippen molar-refractivity contribution in [1.82, 2.24) is 20.0 Å². The van der Waals surface area contributed by atoms with Crippen LogP contribution >= 0.6 is 0 Å². The molecule has 2 aromatic rings. The molecule has 1 aliphatic rings. The zero-order valence-electron chi connectivity index (χ0n) is 18.0. The van der Waals surface area contributed by atoms with Crippen molar-refractivity contribution in [3.05, 3.63) is 41.6 Å². The lowest BCUT2D eigenvalue weighted by Gasteiger charge is -2.27. The number of aromatic nitrogens is 2. The van der Waals surface area contributed by atoms with E-state index in [-0.39, 0.29) is 35.6 Å². The first-order valence-corrected chi connectivity index (χ1v) is 10.1. The summed E-state index contributed by atoms with van der Waals surface area (Å²) in [7, 11) is 3.18. The van der Waals surface area contributed by atoms with Crippen molar-refractivity contribution in [3.8, 4) is 0 Å². The summed E-state index contributed by atoms with van der Waals surface area (Å²) < 4.78 is 17.6. The number of hydrogen-bond acceptors (Lipinski definition) is 6. The summed E-state index contributed by atoms with van der Waals surface area (Å²) in [5.41, 5.74) is 0.963. The molecule has 0 saturated carbocycles. The van der Waals surface area contributed by atoms with Gasteiger partial charge in [-0.05, 0) is 26.0 Å². The van der Waals surface area contributed by atoms with E-state index >= 15 is 0 Å². The van der Waals surface area contributed by atoms with Crippen molar-refractivity contribution in [2.75, 3.05) is 33.9 Å². The van der Waals surface area contributed by atoms with E-state index in [4.69, 9.17) is 13.9 Å². The van der Waals surface area contributed by atoms with Crippen LogP contribution in [0.4, 0.5) is 0 Å². The molecule has 0 aromatic carbocycles. The number of ether oxygens (including phenoxy) is 2. The first-order chi connectivity index (χ1) is 14.4. The molecule has 0 aliphatic carbocycles. The van der Waals surface area contributed by atoms with E-state index in [1.807, 2.05) is 15.8 Å². The Hall–Kier alpha value is -2.65. The van der Waals surface area contributed by atoms with Crippen LogP contribution in [0.5, 0.6) is 0 Å². The highest BCUT2D eigenvalue weighted by molar-refractivity contribution is 5.91. The number of likely N-dealkylation sites (tertiary alicyclic amines) is 1. The van der Waals surface area contributed by atoms with Gasteiger partial charge in [0.25, 0.3) is 5.91 Å². The summed E-state index contributed by atoms with van der Waals surface area (Å²) >= 11 is 0. The van der Waals surface area contributed by atoms with Crippen LogP contribution in [0.2, 0.25) is 0 Å². The van der Waals surface area contributed by atoms with Crippen LogP contribution in [-0.2, 0) is 20.9 Å². The summed E-state index contributed by atoms with van der Waals surface area (Å²) in [4.78, 5) is 27.0. The second kappa shape index (κ2) is 9.90. The minimum atomic E-state index is -0.309. The molecule has 164 valence electrons. The number of furan rings is 1. The molecule has 3 heterocycles. The molecule has 2 atom stereocenters. The Kier molecular flexibility index (Phi) is 7.28. The second-order valence-corrected chi connectivity index (χ2v) is 7.75. The van der Waals surface area contributed by atoms with E-state index in [2.05, 4.69) is 24.3 Å². The topological polar surface area (TPSA) is 98.8 Å². The van der Waals surface area contributed by atoms with Gasteiger partial charge in [-0.2, -0.15) is 5.10 Å². The van der Waals surface area contributed by atoms with Gasteiger partial charge in [0.15, 0.2) is 5.76 Å². The molecule has 0 unspecified atom stereocenters. The lowest BCUT2D eigenvalue weighted by Crippen LogP contribution is -2.35. The van der Waals surface area contributed by atoms with E-state index < -0.39 is 0 Å². The smallest absolute Gasteiger partial charge is 0.287 e. The van der Waals surface area contributed by atoms with Crippen molar-refractivity contribution >= 4 is 11.8 Å². The Bertz CT molecular complexity index is 859. The Morgan fingerprint density at radius 1 is 1.33 bits per heavy atom. The molecule has 2 amide bonds. The van der Waals surface area contributed by atoms with Crippen LogP contribution in [0.3, 0.4) is 0 Å². The van der Waals surface area contributed by atoms with Gasteiger partial charge in [0, 0.05) is 57.4 Å².